The van der Waals surface area contributed by atoms with Crippen molar-refractivity contribution in [2.75, 3.05) is 7.11 Å². The highest BCUT2D eigenvalue weighted by Gasteiger charge is 2.40. The van der Waals surface area contributed by atoms with E-state index in [-0.39, 0.29) is 18.7 Å². The van der Waals surface area contributed by atoms with E-state index >= 15 is 0 Å². The number of nitro benzene ring substituents is 1. The largest absolute Gasteiger partial charge is 0.467 e. The zero-order valence-electron chi connectivity index (χ0n) is 21.0. The number of hydrogen-bond donors (Lipinski definition) is 0. The number of fused-ring (bicyclic) bond motifs is 1. The van der Waals surface area contributed by atoms with Crippen LogP contribution in [0.3, 0.4) is 0 Å². The van der Waals surface area contributed by atoms with E-state index < -0.39 is 34.7 Å². The van der Waals surface area contributed by atoms with Crippen molar-refractivity contribution in [3.63, 3.8) is 0 Å². The van der Waals surface area contributed by atoms with Gasteiger partial charge >= 0.3 is 18.2 Å². The van der Waals surface area contributed by atoms with E-state index in [2.05, 4.69) is 0 Å². The molecule has 1 atom stereocenters. The van der Waals surface area contributed by atoms with Crippen LogP contribution in [0.1, 0.15) is 31.9 Å². The smallest absolute Gasteiger partial charge is 0.420 e. The SMILES string of the molecule is COC(=O)C(Cc1cccc2ccccc12)N(C(=O)OCc1ccc([N+](=O)[O-])cc1)C(=O)OC(C)(C)C. The van der Waals surface area contributed by atoms with Gasteiger partial charge in [0, 0.05) is 18.6 Å². The Morgan fingerprint density at radius 1 is 0.946 bits per heavy atom. The molecular weight excluding hydrogens is 480 g/mol. The first-order valence-electron chi connectivity index (χ1n) is 11.5. The van der Waals surface area contributed by atoms with Crippen molar-refractivity contribution in [2.45, 2.75) is 45.4 Å². The van der Waals surface area contributed by atoms with Crippen LogP contribution in [0.25, 0.3) is 10.8 Å². The highest BCUT2D eigenvalue weighted by molar-refractivity contribution is 5.95. The molecular formula is C27H28N2O8. The molecule has 0 aromatic heterocycles. The second kappa shape index (κ2) is 11.5. The molecule has 1 unspecified atom stereocenters. The van der Waals surface area contributed by atoms with E-state index in [1.54, 1.807) is 26.8 Å². The Balaban J connectivity index is 1.93. The maximum atomic E-state index is 13.2. The number of rotatable bonds is 7. The Labute approximate surface area is 213 Å². The van der Waals surface area contributed by atoms with E-state index in [0.29, 0.717) is 16.0 Å². The standard InChI is InChI=1S/C27H28N2O8/c1-27(2,3)37-26(32)28(25(31)36-17-18-12-14-21(15-13-18)29(33)34)23(24(30)35-4)16-20-10-7-9-19-8-5-6-11-22(19)20/h5-15,23H,16-17H2,1-4H3. The van der Waals surface area contributed by atoms with Crippen LogP contribution in [-0.2, 0) is 32.0 Å². The molecule has 0 bridgehead atoms. The van der Waals surface area contributed by atoms with Crippen molar-refractivity contribution in [1.29, 1.82) is 0 Å². The number of amides is 2. The van der Waals surface area contributed by atoms with Crippen LogP contribution in [0, 0.1) is 10.1 Å². The molecule has 10 nitrogen and oxygen atoms in total. The number of non-ortho nitro benzene ring substituents is 1. The van der Waals surface area contributed by atoms with Crippen molar-refractivity contribution in [3.8, 4) is 0 Å². The average molecular weight is 509 g/mol. The lowest BCUT2D eigenvalue weighted by Crippen LogP contribution is -2.52. The molecule has 3 aromatic carbocycles. The second-order valence-corrected chi connectivity index (χ2v) is 9.21. The third-order valence-corrected chi connectivity index (χ3v) is 5.37. The summed E-state index contributed by atoms with van der Waals surface area (Å²) in [5.41, 5.74) is 0.0805. The van der Waals surface area contributed by atoms with Gasteiger partial charge in [-0.25, -0.2) is 14.4 Å². The number of ether oxygens (including phenoxy) is 3. The van der Waals surface area contributed by atoms with Crippen molar-refractivity contribution in [1.82, 2.24) is 4.90 Å². The van der Waals surface area contributed by atoms with Gasteiger partial charge in [0.15, 0.2) is 0 Å². The number of esters is 1. The van der Waals surface area contributed by atoms with Gasteiger partial charge in [-0.05, 0) is 54.8 Å². The number of benzene rings is 3. The topological polar surface area (TPSA) is 125 Å². The molecule has 0 heterocycles. The summed E-state index contributed by atoms with van der Waals surface area (Å²) in [6.07, 6.45) is -2.24. The van der Waals surface area contributed by atoms with Gasteiger partial charge in [-0.2, -0.15) is 4.90 Å². The molecule has 0 saturated heterocycles. The van der Waals surface area contributed by atoms with E-state index in [9.17, 15) is 24.5 Å². The summed E-state index contributed by atoms with van der Waals surface area (Å²) < 4.78 is 15.7. The Bertz CT molecular complexity index is 1290. The third-order valence-electron chi connectivity index (χ3n) is 5.37. The maximum Gasteiger partial charge on any atom is 0.420 e. The minimum Gasteiger partial charge on any atom is -0.467 e. The number of methoxy groups -OCH3 is 1. The molecule has 10 heteroatoms. The first-order chi connectivity index (χ1) is 17.5. The van der Waals surface area contributed by atoms with Gasteiger partial charge in [-0.15, -0.1) is 0 Å². The van der Waals surface area contributed by atoms with E-state index in [4.69, 9.17) is 14.2 Å². The summed E-state index contributed by atoms with van der Waals surface area (Å²) in [5.74, 6) is -0.828. The molecule has 0 aliphatic heterocycles. The summed E-state index contributed by atoms with van der Waals surface area (Å²) in [7, 11) is 1.16. The molecule has 0 radical (unpaired) electrons. The van der Waals surface area contributed by atoms with E-state index in [1.165, 1.54) is 24.3 Å². The normalized spacial score (nSPS) is 11.9. The maximum absolute atomic E-state index is 13.2. The highest BCUT2D eigenvalue weighted by Crippen LogP contribution is 2.24. The zero-order chi connectivity index (χ0) is 27.2. The Morgan fingerprint density at radius 2 is 1.59 bits per heavy atom. The molecule has 2 amide bonds. The lowest BCUT2D eigenvalue weighted by Gasteiger charge is -2.30. The van der Waals surface area contributed by atoms with Gasteiger partial charge in [0.25, 0.3) is 5.69 Å². The van der Waals surface area contributed by atoms with Crippen molar-refractivity contribution in [2.24, 2.45) is 0 Å². The van der Waals surface area contributed by atoms with Crippen LogP contribution >= 0.6 is 0 Å². The van der Waals surface area contributed by atoms with Crippen LogP contribution in [0.4, 0.5) is 15.3 Å². The summed E-state index contributed by atoms with van der Waals surface area (Å²) in [6, 6.07) is 17.1. The lowest BCUT2D eigenvalue weighted by atomic mass is 9.98. The van der Waals surface area contributed by atoms with Crippen LogP contribution in [-0.4, -0.2) is 46.7 Å². The van der Waals surface area contributed by atoms with Gasteiger partial charge in [0.05, 0.1) is 12.0 Å². The number of carbonyl (C=O) groups is 3. The Kier molecular flexibility index (Phi) is 8.44. The van der Waals surface area contributed by atoms with Crippen LogP contribution in [0.5, 0.6) is 0 Å². The fraction of sp³-hybridized carbons (Fsp3) is 0.296. The molecule has 3 rings (SSSR count). The Hall–Kier alpha value is -4.47. The van der Waals surface area contributed by atoms with Crippen molar-refractivity contribution in [3.05, 3.63) is 88.0 Å². The van der Waals surface area contributed by atoms with Crippen molar-refractivity contribution < 1.29 is 33.5 Å². The number of carbonyl (C=O) groups excluding carboxylic acids is 3. The van der Waals surface area contributed by atoms with Gasteiger partial charge in [-0.1, -0.05) is 42.5 Å². The average Bonchev–Trinajstić information content (AvgIpc) is 2.86. The van der Waals surface area contributed by atoms with Gasteiger partial charge in [0.2, 0.25) is 0 Å². The van der Waals surface area contributed by atoms with Crippen LogP contribution in [0.2, 0.25) is 0 Å². The monoisotopic (exact) mass is 508 g/mol. The summed E-state index contributed by atoms with van der Waals surface area (Å²) in [6.45, 7) is 4.59. The molecule has 3 aromatic rings. The van der Waals surface area contributed by atoms with Crippen LogP contribution in [0.15, 0.2) is 66.7 Å². The molecule has 0 spiro atoms. The predicted octanol–water partition coefficient (Wildman–Crippen LogP) is 5.41. The predicted molar refractivity (Wildman–Crippen MR) is 135 cm³/mol. The van der Waals surface area contributed by atoms with E-state index in [0.717, 1.165) is 17.9 Å². The minimum absolute atomic E-state index is 0.0418. The first kappa shape index (κ1) is 27.1. The number of imide groups is 1. The first-order valence-corrected chi connectivity index (χ1v) is 11.5. The summed E-state index contributed by atoms with van der Waals surface area (Å²) in [4.78, 5) is 50.2. The van der Waals surface area contributed by atoms with Gasteiger partial charge in [-0.3, -0.25) is 10.1 Å². The zero-order valence-corrected chi connectivity index (χ0v) is 21.0. The minimum atomic E-state index is -1.38. The number of nitro groups is 1. The Morgan fingerprint density at radius 3 is 2.22 bits per heavy atom. The molecule has 194 valence electrons. The van der Waals surface area contributed by atoms with Crippen molar-refractivity contribution >= 4 is 34.6 Å². The highest BCUT2D eigenvalue weighted by atomic mass is 16.6. The number of hydrogen-bond acceptors (Lipinski definition) is 8. The molecule has 0 saturated carbocycles. The molecule has 0 fully saturated rings. The summed E-state index contributed by atoms with van der Waals surface area (Å²) in [5, 5.41) is 12.6. The van der Waals surface area contributed by atoms with Gasteiger partial charge < -0.3 is 14.2 Å². The van der Waals surface area contributed by atoms with Crippen LogP contribution < -0.4 is 0 Å². The van der Waals surface area contributed by atoms with Gasteiger partial charge in [0.1, 0.15) is 18.2 Å². The molecule has 0 N–H and O–H groups in total. The van der Waals surface area contributed by atoms with E-state index in [1.807, 2.05) is 36.4 Å². The summed E-state index contributed by atoms with van der Waals surface area (Å²) >= 11 is 0. The fourth-order valence-electron chi connectivity index (χ4n) is 3.66. The third kappa shape index (κ3) is 7.03. The molecule has 0 aliphatic carbocycles. The quantitative estimate of drug-likeness (QED) is 0.180. The number of nitrogens with zero attached hydrogens (tertiary/aromatic N) is 2. The molecule has 37 heavy (non-hydrogen) atoms. The molecule has 0 aliphatic rings. The fourth-order valence-corrected chi connectivity index (χ4v) is 3.66. The second-order valence-electron chi connectivity index (χ2n) is 9.21. The lowest BCUT2D eigenvalue weighted by molar-refractivity contribution is -0.384.